The first-order valence-electron chi connectivity index (χ1n) is 15.1. The number of unbranched alkanes of at least 4 members (excludes halogenated alkanes) is 3. The summed E-state index contributed by atoms with van der Waals surface area (Å²) >= 11 is 0. The molecule has 0 atom stereocenters. The van der Waals surface area contributed by atoms with Crippen LogP contribution < -0.4 is 0 Å². The second-order valence-corrected chi connectivity index (χ2v) is 9.52. The predicted octanol–water partition coefficient (Wildman–Crippen LogP) is 1.93. The second-order valence-electron chi connectivity index (χ2n) is 9.52. The Morgan fingerprint density at radius 2 is 0.674 bits per heavy atom. The van der Waals surface area contributed by atoms with Crippen LogP contribution >= 0.6 is 0 Å². The average molecular weight is 653 g/mol. The fraction of sp³-hybridized carbons (Fsp3) is 0.562. The molecule has 0 N–H and O–H groups in total. The van der Waals surface area contributed by atoms with Gasteiger partial charge < -0.3 is 28.4 Å². The molecule has 0 amide bonds. The van der Waals surface area contributed by atoms with Crippen molar-refractivity contribution >= 4 is 35.8 Å². The number of carbonyl (C=O) groups is 6. The third kappa shape index (κ3) is 25.1. The lowest BCUT2D eigenvalue weighted by Crippen LogP contribution is -2.34. The molecule has 0 bridgehead atoms. The zero-order valence-electron chi connectivity index (χ0n) is 26.7. The van der Waals surface area contributed by atoms with Crippen molar-refractivity contribution in [2.45, 2.75) is 38.5 Å². The van der Waals surface area contributed by atoms with Crippen molar-refractivity contribution in [2.24, 2.45) is 0 Å². The first-order chi connectivity index (χ1) is 22.1. The van der Waals surface area contributed by atoms with Crippen LogP contribution in [-0.2, 0) is 57.2 Å². The Kier molecular flexibility index (Phi) is 25.6. The van der Waals surface area contributed by atoms with Crippen molar-refractivity contribution in [2.75, 3.05) is 78.9 Å². The molecule has 14 nitrogen and oxygen atoms in total. The molecule has 0 unspecified atom stereocenters. The smallest absolute Gasteiger partial charge is 0.330 e. The summed E-state index contributed by atoms with van der Waals surface area (Å²) in [6.45, 7) is 16.2. The Hall–Kier alpha value is -4.30. The van der Waals surface area contributed by atoms with E-state index < -0.39 is 23.9 Å². The fourth-order valence-electron chi connectivity index (χ4n) is 3.58. The molecule has 0 rings (SSSR count). The highest BCUT2D eigenvalue weighted by Crippen LogP contribution is 2.04. The molecule has 0 fully saturated rings. The largest absolute Gasteiger partial charge is 0.466 e. The molecule has 0 aliphatic rings. The van der Waals surface area contributed by atoms with Gasteiger partial charge in [-0.1, -0.05) is 26.3 Å². The molecule has 14 heteroatoms. The molecule has 0 aromatic heterocycles. The summed E-state index contributed by atoms with van der Waals surface area (Å²) in [5.41, 5.74) is 0. The van der Waals surface area contributed by atoms with Crippen LogP contribution in [0.3, 0.4) is 0 Å². The van der Waals surface area contributed by atoms with Gasteiger partial charge in [-0.05, 0) is 25.7 Å². The van der Waals surface area contributed by atoms with E-state index in [-0.39, 0.29) is 64.4 Å². The highest BCUT2D eigenvalue weighted by molar-refractivity contribution is 5.82. The van der Waals surface area contributed by atoms with E-state index in [1.54, 1.807) is 0 Å². The molecule has 46 heavy (non-hydrogen) atoms. The SMILES string of the molecule is C=CC(=O)OCCN(CCOC(=O)C=C)CCC(=O)OCCCCCCOC(=O)CCN(CCOC(=O)C=C)CCOC(=O)C=C. The summed E-state index contributed by atoms with van der Waals surface area (Å²) in [5.74, 6) is -2.97. The number of nitrogens with zero attached hydrogens (tertiary/aromatic N) is 2. The Morgan fingerprint density at radius 3 is 0.935 bits per heavy atom. The Bertz CT molecular complexity index is 868. The lowest BCUT2D eigenvalue weighted by Gasteiger charge is -2.21. The second kappa shape index (κ2) is 28.2. The van der Waals surface area contributed by atoms with Crippen molar-refractivity contribution in [1.29, 1.82) is 0 Å². The van der Waals surface area contributed by atoms with Crippen molar-refractivity contribution < 1.29 is 57.2 Å². The van der Waals surface area contributed by atoms with E-state index in [2.05, 4.69) is 26.3 Å². The number of rotatable bonds is 29. The van der Waals surface area contributed by atoms with Crippen LogP contribution in [0.15, 0.2) is 50.6 Å². The van der Waals surface area contributed by atoms with Crippen LogP contribution in [0.2, 0.25) is 0 Å². The molecular weight excluding hydrogens is 604 g/mol. The number of carbonyl (C=O) groups excluding carboxylic acids is 6. The normalized spacial score (nSPS) is 10.4. The van der Waals surface area contributed by atoms with E-state index in [0.717, 1.165) is 37.1 Å². The van der Waals surface area contributed by atoms with Gasteiger partial charge in [0, 0.05) is 63.6 Å². The van der Waals surface area contributed by atoms with Crippen molar-refractivity contribution in [1.82, 2.24) is 9.80 Å². The van der Waals surface area contributed by atoms with Crippen molar-refractivity contribution in [3.8, 4) is 0 Å². The van der Waals surface area contributed by atoms with Gasteiger partial charge in [-0.15, -0.1) is 0 Å². The quantitative estimate of drug-likeness (QED) is 0.0498. The molecule has 0 heterocycles. The summed E-state index contributed by atoms with van der Waals surface area (Å²) in [7, 11) is 0. The number of hydrogen-bond donors (Lipinski definition) is 0. The molecule has 0 saturated carbocycles. The summed E-state index contributed by atoms with van der Waals surface area (Å²) < 4.78 is 30.5. The minimum atomic E-state index is -0.554. The fourth-order valence-corrected chi connectivity index (χ4v) is 3.58. The van der Waals surface area contributed by atoms with Crippen LogP contribution in [0.4, 0.5) is 0 Å². The van der Waals surface area contributed by atoms with Gasteiger partial charge in [0.1, 0.15) is 26.4 Å². The monoisotopic (exact) mass is 652 g/mol. The number of ether oxygens (including phenoxy) is 6. The number of esters is 6. The first kappa shape index (κ1) is 41.7. The highest BCUT2D eigenvalue weighted by atomic mass is 16.6. The predicted molar refractivity (Wildman–Crippen MR) is 167 cm³/mol. The molecule has 0 radical (unpaired) electrons. The molecule has 0 aliphatic carbocycles. The standard InChI is InChI=1S/C32H48N2O12/c1-5-27(35)43-23-17-33(18-24-44-28(36)6-2)15-13-31(39)41-21-11-9-10-12-22-42-32(40)14-16-34(19-25-45-29(37)7-3)20-26-46-30(38)8-4/h5-8H,1-4,9-26H2. The zero-order valence-corrected chi connectivity index (χ0v) is 26.7. The topological polar surface area (TPSA) is 164 Å². The van der Waals surface area contributed by atoms with Crippen LogP contribution in [0.5, 0.6) is 0 Å². The van der Waals surface area contributed by atoms with E-state index in [4.69, 9.17) is 28.4 Å². The van der Waals surface area contributed by atoms with E-state index in [1.807, 2.05) is 9.80 Å². The maximum Gasteiger partial charge on any atom is 0.330 e. The van der Waals surface area contributed by atoms with Gasteiger partial charge in [0.25, 0.3) is 0 Å². The van der Waals surface area contributed by atoms with Gasteiger partial charge in [0.05, 0.1) is 26.1 Å². The summed E-state index contributed by atoms with van der Waals surface area (Å²) in [5, 5.41) is 0. The van der Waals surface area contributed by atoms with Crippen LogP contribution in [-0.4, -0.2) is 125 Å². The van der Waals surface area contributed by atoms with Gasteiger partial charge in [0.2, 0.25) is 0 Å². The van der Waals surface area contributed by atoms with E-state index in [1.165, 1.54) is 0 Å². The Balaban J connectivity index is 4.18. The van der Waals surface area contributed by atoms with E-state index in [0.29, 0.717) is 52.1 Å². The average Bonchev–Trinajstić information content (AvgIpc) is 3.05. The maximum atomic E-state index is 12.2. The Labute approximate surface area is 270 Å². The van der Waals surface area contributed by atoms with Crippen molar-refractivity contribution in [3.05, 3.63) is 50.6 Å². The van der Waals surface area contributed by atoms with Crippen LogP contribution in [0.25, 0.3) is 0 Å². The van der Waals surface area contributed by atoms with Crippen LogP contribution in [0.1, 0.15) is 38.5 Å². The number of hydrogen-bond acceptors (Lipinski definition) is 14. The maximum absolute atomic E-state index is 12.2. The summed E-state index contributed by atoms with van der Waals surface area (Å²) in [4.78, 5) is 73.0. The lowest BCUT2D eigenvalue weighted by molar-refractivity contribution is -0.145. The van der Waals surface area contributed by atoms with Gasteiger partial charge in [-0.2, -0.15) is 0 Å². The summed E-state index contributed by atoms with van der Waals surface area (Å²) in [6.07, 6.45) is 7.31. The van der Waals surface area contributed by atoms with Crippen molar-refractivity contribution in [3.63, 3.8) is 0 Å². The van der Waals surface area contributed by atoms with Gasteiger partial charge in [-0.25, -0.2) is 19.2 Å². The van der Waals surface area contributed by atoms with Crippen LogP contribution in [0, 0.1) is 0 Å². The first-order valence-corrected chi connectivity index (χ1v) is 15.1. The molecular formula is C32H48N2O12. The molecule has 258 valence electrons. The third-order valence-corrected chi connectivity index (χ3v) is 6.10. The lowest BCUT2D eigenvalue weighted by atomic mass is 10.2. The van der Waals surface area contributed by atoms with E-state index in [9.17, 15) is 28.8 Å². The zero-order chi connectivity index (χ0) is 34.4. The molecule has 0 aliphatic heterocycles. The minimum absolute atomic E-state index is 0.0904. The molecule has 0 aromatic rings. The minimum Gasteiger partial charge on any atom is -0.466 e. The van der Waals surface area contributed by atoms with Gasteiger partial charge in [-0.3, -0.25) is 19.4 Å². The molecule has 0 saturated heterocycles. The van der Waals surface area contributed by atoms with Gasteiger partial charge >= 0.3 is 35.8 Å². The molecule has 0 spiro atoms. The van der Waals surface area contributed by atoms with E-state index >= 15 is 0 Å². The summed E-state index contributed by atoms with van der Waals surface area (Å²) in [6, 6.07) is 0. The Morgan fingerprint density at radius 1 is 0.391 bits per heavy atom. The highest BCUT2D eigenvalue weighted by Gasteiger charge is 2.13. The van der Waals surface area contributed by atoms with Gasteiger partial charge in [0.15, 0.2) is 0 Å². The molecule has 0 aromatic carbocycles. The third-order valence-electron chi connectivity index (χ3n) is 6.10.